The van der Waals surface area contributed by atoms with E-state index in [1.807, 2.05) is 0 Å². The number of nitrogens with zero attached hydrogens (tertiary/aromatic N) is 4. The molecule has 0 aliphatic heterocycles. The molecule has 28 heavy (non-hydrogen) atoms. The maximum Gasteiger partial charge on any atom is 0.177 e. The lowest BCUT2D eigenvalue weighted by Gasteiger charge is -2.35. The zero-order valence-electron chi connectivity index (χ0n) is 14.5. The number of ketones is 2. The van der Waals surface area contributed by atoms with Crippen LogP contribution in [0.15, 0.2) is 22.5 Å². The summed E-state index contributed by atoms with van der Waals surface area (Å²) in [6.45, 7) is 2.62. The highest BCUT2D eigenvalue weighted by atomic mass is 19.1. The van der Waals surface area contributed by atoms with Crippen molar-refractivity contribution in [1.29, 1.82) is 21.0 Å². The third kappa shape index (κ3) is 2.07. The van der Waals surface area contributed by atoms with Crippen molar-refractivity contribution < 1.29 is 18.4 Å². The Labute approximate surface area is 157 Å². The van der Waals surface area contributed by atoms with Crippen molar-refractivity contribution in [2.75, 3.05) is 0 Å². The van der Waals surface area contributed by atoms with Gasteiger partial charge in [-0.15, -0.1) is 0 Å². The van der Waals surface area contributed by atoms with Crippen molar-refractivity contribution in [3.05, 3.63) is 56.2 Å². The lowest BCUT2D eigenvalue weighted by molar-refractivity contribution is 0.0762. The summed E-state index contributed by atoms with van der Waals surface area (Å²) in [6, 6.07) is 6.34. The van der Waals surface area contributed by atoms with Crippen molar-refractivity contribution >= 4 is 11.6 Å². The first-order valence-electron chi connectivity index (χ1n) is 7.92. The summed E-state index contributed by atoms with van der Waals surface area (Å²) < 4.78 is 29.8. The summed E-state index contributed by atoms with van der Waals surface area (Å²) in [5.41, 5.74) is -3.31. The number of carbonyl (C=O) groups excluding carboxylic acids is 2. The van der Waals surface area contributed by atoms with Crippen LogP contribution in [0.5, 0.6) is 0 Å². The SMILES string of the molecule is CC1=C(C#N)C(C#N)=C(F)C2C(=O)c3c(F)c(C#N)c(C#N)c(C)c3C(=O)C12. The van der Waals surface area contributed by atoms with Crippen LogP contribution in [0.3, 0.4) is 0 Å². The number of benzene rings is 1. The predicted molar refractivity (Wildman–Crippen MR) is 88.3 cm³/mol. The largest absolute Gasteiger partial charge is 0.293 e. The molecular weight excluding hydrogens is 366 g/mol. The number of halogens is 2. The molecule has 1 aromatic rings. The molecule has 0 bridgehead atoms. The summed E-state index contributed by atoms with van der Waals surface area (Å²) >= 11 is 0. The Morgan fingerprint density at radius 2 is 1.29 bits per heavy atom. The van der Waals surface area contributed by atoms with E-state index in [1.165, 1.54) is 26.0 Å². The monoisotopic (exact) mass is 374 g/mol. The van der Waals surface area contributed by atoms with E-state index >= 15 is 0 Å². The maximum absolute atomic E-state index is 14.9. The third-order valence-electron chi connectivity index (χ3n) is 5.15. The Balaban J connectivity index is 2.48. The highest BCUT2D eigenvalue weighted by molar-refractivity contribution is 6.19. The Morgan fingerprint density at radius 1 is 0.750 bits per heavy atom. The Hall–Kier alpha value is -4.14. The molecule has 0 saturated carbocycles. The van der Waals surface area contributed by atoms with E-state index < -0.39 is 57.3 Å². The first kappa shape index (κ1) is 18.6. The lowest BCUT2D eigenvalue weighted by Crippen LogP contribution is -2.41. The molecule has 0 N–H and O–H groups in total. The lowest BCUT2D eigenvalue weighted by atomic mass is 9.64. The van der Waals surface area contributed by atoms with Crippen LogP contribution in [0.2, 0.25) is 0 Å². The van der Waals surface area contributed by atoms with Crippen LogP contribution < -0.4 is 0 Å². The van der Waals surface area contributed by atoms with E-state index in [9.17, 15) is 39.4 Å². The molecule has 0 heterocycles. The first-order chi connectivity index (χ1) is 13.3. The van der Waals surface area contributed by atoms with Crippen LogP contribution >= 0.6 is 0 Å². The van der Waals surface area contributed by atoms with Crippen molar-refractivity contribution in [2.24, 2.45) is 11.8 Å². The molecule has 6 nitrogen and oxygen atoms in total. The quantitative estimate of drug-likeness (QED) is 0.686. The topological polar surface area (TPSA) is 129 Å². The van der Waals surface area contributed by atoms with Gasteiger partial charge in [-0.25, -0.2) is 8.78 Å². The fraction of sp³-hybridized carbons (Fsp3) is 0.200. The minimum Gasteiger partial charge on any atom is -0.293 e. The maximum atomic E-state index is 14.9. The number of fused-ring (bicyclic) bond motifs is 2. The third-order valence-corrected chi connectivity index (χ3v) is 5.15. The van der Waals surface area contributed by atoms with Gasteiger partial charge in [0, 0.05) is 5.56 Å². The summed E-state index contributed by atoms with van der Waals surface area (Å²) in [5, 5.41) is 36.9. The summed E-state index contributed by atoms with van der Waals surface area (Å²) in [7, 11) is 0. The van der Waals surface area contributed by atoms with Crippen LogP contribution in [-0.2, 0) is 0 Å². The van der Waals surface area contributed by atoms with Crippen LogP contribution in [0, 0.1) is 69.9 Å². The highest BCUT2D eigenvalue weighted by Gasteiger charge is 2.51. The van der Waals surface area contributed by atoms with Gasteiger partial charge in [0.25, 0.3) is 0 Å². The van der Waals surface area contributed by atoms with E-state index in [-0.39, 0.29) is 22.3 Å². The standard InChI is InChI=1S/C20H8F2N4O2/c1-7-9(3-23)11(5-25)17(21)15-13(7)19(27)14-8(2)10(4-24)12(6-26)18(22)16(14)20(15)28/h13,15H,1-2H3. The van der Waals surface area contributed by atoms with E-state index in [0.29, 0.717) is 0 Å². The molecule has 3 rings (SSSR count). The van der Waals surface area contributed by atoms with Crippen molar-refractivity contribution in [3.63, 3.8) is 0 Å². The molecule has 134 valence electrons. The molecule has 8 heteroatoms. The minimum atomic E-state index is -1.79. The van der Waals surface area contributed by atoms with E-state index in [2.05, 4.69) is 0 Å². The van der Waals surface area contributed by atoms with Gasteiger partial charge in [-0.2, -0.15) is 21.0 Å². The molecule has 1 aromatic carbocycles. The average molecular weight is 374 g/mol. The molecule has 0 radical (unpaired) electrons. The zero-order valence-corrected chi connectivity index (χ0v) is 14.5. The van der Waals surface area contributed by atoms with Gasteiger partial charge in [0.15, 0.2) is 17.4 Å². The Morgan fingerprint density at radius 3 is 1.79 bits per heavy atom. The molecule has 2 unspecified atom stereocenters. The molecule has 0 fully saturated rings. The smallest absolute Gasteiger partial charge is 0.177 e. The number of carbonyl (C=O) groups is 2. The first-order valence-corrected chi connectivity index (χ1v) is 7.92. The van der Waals surface area contributed by atoms with Gasteiger partial charge in [-0.1, -0.05) is 0 Å². The molecular formula is C20H8F2N4O2. The second-order valence-electron chi connectivity index (χ2n) is 6.35. The molecule has 2 atom stereocenters. The highest BCUT2D eigenvalue weighted by Crippen LogP contribution is 2.47. The average Bonchev–Trinajstić information content (AvgIpc) is 2.67. The van der Waals surface area contributed by atoms with E-state index in [0.717, 1.165) is 0 Å². The van der Waals surface area contributed by atoms with Crippen molar-refractivity contribution in [1.82, 2.24) is 0 Å². The number of rotatable bonds is 0. The van der Waals surface area contributed by atoms with Gasteiger partial charge >= 0.3 is 0 Å². The molecule has 2 aliphatic carbocycles. The van der Waals surface area contributed by atoms with Crippen LogP contribution in [-0.4, -0.2) is 11.6 Å². The van der Waals surface area contributed by atoms with Gasteiger partial charge in [-0.05, 0) is 25.0 Å². The summed E-state index contributed by atoms with van der Waals surface area (Å²) in [6.07, 6.45) is 0. The predicted octanol–water partition coefficient (Wildman–Crippen LogP) is 3.09. The van der Waals surface area contributed by atoms with E-state index in [1.54, 1.807) is 12.1 Å². The zero-order chi connectivity index (χ0) is 20.9. The van der Waals surface area contributed by atoms with Gasteiger partial charge < -0.3 is 0 Å². The Bertz CT molecular complexity index is 1150. The van der Waals surface area contributed by atoms with Crippen LogP contribution in [0.4, 0.5) is 8.78 Å². The molecule has 0 saturated heterocycles. The minimum absolute atomic E-state index is 0.0251. The molecule has 0 amide bonds. The van der Waals surface area contributed by atoms with Crippen molar-refractivity contribution in [2.45, 2.75) is 13.8 Å². The van der Waals surface area contributed by atoms with Crippen molar-refractivity contribution in [3.8, 4) is 24.3 Å². The number of hydrogen-bond donors (Lipinski definition) is 0. The summed E-state index contributed by atoms with van der Waals surface area (Å²) in [4.78, 5) is 26.1. The van der Waals surface area contributed by atoms with Gasteiger partial charge in [0.05, 0.1) is 28.5 Å². The van der Waals surface area contributed by atoms with Gasteiger partial charge in [-0.3, -0.25) is 9.59 Å². The summed E-state index contributed by atoms with van der Waals surface area (Å²) in [5.74, 6) is -7.81. The molecule has 0 aromatic heterocycles. The number of Topliss-reactive ketones (excluding diaryl/α,β-unsaturated/α-hetero) is 2. The van der Waals surface area contributed by atoms with E-state index in [4.69, 9.17) is 0 Å². The van der Waals surface area contributed by atoms with Crippen LogP contribution in [0.1, 0.15) is 44.3 Å². The fourth-order valence-electron chi connectivity index (χ4n) is 3.83. The number of hydrogen-bond acceptors (Lipinski definition) is 6. The molecule has 2 aliphatic rings. The second-order valence-corrected chi connectivity index (χ2v) is 6.35. The van der Waals surface area contributed by atoms with Gasteiger partial charge in [0.2, 0.25) is 0 Å². The Kier molecular flexibility index (Phi) is 4.15. The number of allylic oxidation sites excluding steroid dienone is 4. The normalized spacial score (nSPS) is 20.6. The molecule has 0 spiro atoms. The van der Waals surface area contributed by atoms with Crippen LogP contribution in [0.25, 0.3) is 0 Å². The number of nitriles is 4. The van der Waals surface area contributed by atoms with Gasteiger partial charge in [0.1, 0.15) is 41.2 Å². The second kappa shape index (κ2) is 6.23. The fourth-order valence-corrected chi connectivity index (χ4v) is 3.83.